The molecule has 0 saturated carbocycles. The highest BCUT2D eigenvalue weighted by Crippen LogP contribution is 2.31. The molecule has 1 N–H and O–H groups in total. The second-order valence-corrected chi connectivity index (χ2v) is 12.7. The van der Waals surface area contributed by atoms with Crippen molar-refractivity contribution < 1.29 is 22.4 Å². The maximum absolute atomic E-state index is 13.8. The highest BCUT2D eigenvalue weighted by Gasteiger charge is 2.33. The Hall–Kier alpha value is -3.14. The molecular weight excluding hydrogens is 564 g/mol. The lowest BCUT2D eigenvalue weighted by molar-refractivity contribution is -0.140. The number of sulfonamides is 1. The van der Waals surface area contributed by atoms with Crippen molar-refractivity contribution in [3.05, 3.63) is 94.2 Å². The molecule has 3 aromatic rings. The Labute approximate surface area is 238 Å². The third-order valence-electron chi connectivity index (χ3n) is 5.73. The summed E-state index contributed by atoms with van der Waals surface area (Å²) in [6, 6.07) is 16.4. The van der Waals surface area contributed by atoms with E-state index in [0.717, 1.165) is 4.31 Å². The number of anilines is 1. The second kappa shape index (κ2) is 12.4. The van der Waals surface area contributed by atoms with Crippen LogP contribution in [0.3, 0.4) is 0 Å². The molecule has 3 aromatic carbocycles. The molecule has 11 heteroatoms. The molecule has 0 fully saturated rings. The molecule has 2 amide bonds. The summed E-state index contributed by atoms with van der Waals surface area (Å²) >= 11 is 12.3. The number of benzene rings is 3. The van der Waals surface area contributed by atoms with E-state index in [-0.39, 0.29) is 27.2 Å². The second-order valence-electron chi connectivity index (χ2n) is 9.99. The van der Waals surface area contributed by atoms with Gasteiger partial charge in [-0.3, -0.25) is 13.9 Å². The van der Waals surface area contributed by atoms with Gasteiger partial charge in [0.05, 0.1) is 20.6 Å². The zero-order valence-corrected chi connectivity index (χ0v) is 24.3. The van der Waals surface area contributed by atoms with Crippen molar-refractivity contribution in [2.45, 2.75) is 50.7 Å². The van der Waals surface area contributed by atoms with E-state index in [0.29, 0.717) is 5.56 Å². The molecule has 0 aliphatic rings. The van der Waals surface area contributed by atoms with Gasteiger partial charge in [0, 0.05) is 12.1 Å². The smallest absolute Gasteiger partial charge is 0.264 e. The maximum atomic E-state index is 13.8. The van der Waals surface area contributed by atoms with Crippen molar-refractivity contribution in [2.24, 2.45) is 0 Å². The maximum Gasteiger partial charge on any atom is 0.264 e. The number of halogens is 3. The first-order chi connectivity index (χ1) is 18.2. The van der Waals surface area contributed by atoms with Gasteiger partial charge in [-0.1, -0.05) is 53.5 Å². The van der Waals surface area contributed by atoms with Crippen LogP contribution in [0.15, 0.2) is 77.7 Å². The molecule has 0 heterocycles. The summed E-state index contributed by atoms with van der Waals surface area (Å²) < 4.78 is 41.9. The highest BCUT2D eigenvalue weighted by molar-refractivity contribution is 7.92. The van der Waals surface area contributed by atoms with Crippen LogP contribution in [0.2, 0.25) is 10.0 Å². The number of rotatable bonds is 9. The van der Waals surface area contributed by atoms with Crippen molar-refractivity contribution in [2.75, 3.05) is 10.8 Å². The summed E-state index contributed by atoms with van der Waals surface area (Å²) in [6.45, 7) is 6.28. The van der Waals surface area contributed by atoms with Crippen LogP contribution < -0.4 is 9.62 Å². The zero-order chi connectivity index (χ0) is 29.0. The molecular formula is C28H30Cl2FN3O4S. The third-order valence-corrected chi connectivity index (χ3v) is 8.26. The van der Waals surface area contributed by atoms with E-state index in [9.17, 15) is 22.4 Å². The van der Waals surface area contributed by atoms with E-state index in [1.165, 1.54) is 59.5 Å². The van der Waals surface area contributed by atoms with Crippen molar-refractivity contribution >= 4 is 50.7 Å². The van der Waals surface area contributed by atoms with Crippen molar-refractivity contribution in [1.29, 1.82) is 0 Å². The zero-order valence-electron chi connectivity index (χ0n) is 22.0. The summed E-state index contributed by atoms with van der Waals surface area (Å²) in [5.74, 6) is -1.53. The molecule has 0 aliphatic carbocycles. The first-order valence-corrected chi connectivity index (χ1v) is 14.3. The van der Waals surface area contributed by atoms with E-state index < -0.39 is 45.8 Å². The molecule has 1 atom stereocenters. The normalized spacial score (nSPS) is 12.5. The summed E-state index contributed by atoms with van der Waals surface area (Å²) in [6.07, 6.45) is 0. The minimum atomic E-state index is -4.23. The van der Waals surface area contributed by atoms with E-state index >= 15 is 0 Å². The van der Waals surface area contributed by atoms with E-state index in [1.54, 1.807) is 25.1 Å². The average Bonchev–Trinajstić information content (AvgIpc) is 2.87. The Bertz CT molecular complexity index is 1430. The van der Waals surface area contributed by atoms with E-state index in [1.807, 2.05) is 20.8 Å². The third kappa shape index (κ3) is 7.94. The largest absolute Gasteiger partial charge is 0.350 e. The number of nitrogens with zero attached hydrogens (tertiary/aromatic N) is 2. The van der Waals surface area contributed by atoms with E-state index in [2.05, 4.69) is 5.32 Å². The van der Waals surface area contributed by atoms with Gasteiger partial charge in [-0.2, -0.15) is 0 Å². The molecule has 0 spiro atoms. The predicted octanol–water partition coefficient (Wildman–Crippen LogP) is 5.66. The van der Waals surface area contributed by atoms with Crippen molar-refractivity contribution in [1.82, 2.24) is 10.2 Å². The monoisotopic (exact) mass is 593 g/mol. The number of nitrogens with one attached hydrogen (secondary N) is 1. The number of amides is 2. The average molecular weight is 595 g/mol. The summed E-state index contributed by atoms with van der Waals surface area (Å²) in [4.78, 5) is 28.2. The first-order valence-electron chi connectivity index (χ1n) is 12.1. The molecule has 7 nitrogen and oxygen atoms in total. The van der Waals surface area contributed by atoms with Gasteiger partial charge in [-0.15, -0.1) is 0 Å². The quantitative estimate of drug-likeness (QED) is 0.347. The van der Waals surface area contributed by atoms with Gasteiger partial charge in [-0.25, -0.2) is 12.8 Å². The topological polar surface area (TPSA) is 86.8 Å². The Morgan fingerprint density at radius 2 is 1.56 bits per heavy atom. The number of carbonyl (C=O) groups excluding carboxylic acids is 2. The van der Waals surface area contributed by atoms with Crippen LogP contribution in [0, 0.1) is 5.82 Å². The van der Waals surface area contributed by atoms with Crippen LogP contribution in [0.1, 0.15) is 33.3 Å². The molecule has 1 unspecified atom stereocenters. The fourth-order valence-electron chi connectivity index (χ4n) is 3.73. The standard InChI is InChI=1S/C28H30Cl2FN3O4S/c1-19(27(36)32-28(2,3)4)33(17-20-10-12-21(31)13-11-20)26(35)18-34(22-14-15-24(29)25(30)16-22)39(37,38)23-8-6-5-7-9-23/h5-16,19H,17-18H2,1-4H3,(H,32,36). The van der Waals surface area contributed by atoms with Crippen molar-refractivity contribution in [3.8, 4) is 0 Å². The fourth-order valence-corrected chi connectivity index (χ4v) is 5.45. The number of hydrogen-bond acceptors (Lipinski definition) is 4. The Kier molecular flexibility index (Phi) is 9.64. The number of hydrogen-bond donors (Lipinski definition) is 1. The van der Waals surface area contributed by atoms with Gasteiger partial charge in [0.15, 0.2) is 0 Å². The molecule has 0 aromatic heterocycles. The van der Waals surface area contributed by atoms with Gasteiger partial charge in [0.25, 0.3) is 10.0 Å². The highest BCUT2D eigenvalue weighted by atomic mass is 35.5. The molecule has 39 heavy (non-hydrogen) atoms. The van der Waals surface area contributed by atoms with Gasteiger partial charge in [-0.05, 0) is 75.7 Å². The van der Waals surface area contributed by atoms with Gasteiger partial charge in [0.1, 0.15) is 18.4 Å². The SMILES string of the molecule is CC(C(=O)NC(C)(C)C)N(Cc1ccc(F)cc1)C(=O)CN(c1ccc(Cl)c(Cl)c1)S(=O)(=O)c1ccccc1. The van der Waals surface area contributed by atoms with Crippen LogP contribution in [0.5, 0.6) is 0 Å². The van der Waals surface area contributed by atoms with Crippen molar-refractivity contribution in [3.63, 3.8) is 0 Å². The minimum absolute atomic E-state index is 0.0347. The molecule has 0 bridgehead atoms. The number of carbonyl (C=O) groups is 2. The van der Waals surface area contributed by atoms with Gasteiger partial charge in [0.2, 0.25) is 11.8 Å². The Morgan fingerprint density at radius 1 is 0.949 bits per heavy atom. The van der Waals surface area contributed by atoms with E-state index in [4.69, 9.17) is 23.2 Å². The Balaban J connectivity index is 2.04. The molecule has 0 saturated heterocycles. The van der Waals surface area contributed by atoms with Crippen LogP contribution in [-0.2, 0) is 26.2 Å². The summed E-state index contributed by atoms with van der Waals surface area (Å²) in [7, 11) is -4.23. The lowest BCUT2D eigenvalue weighted by atomic mass is 10.1. The van der Waals surface area contributed by atoms with Crippen LogP contribution in [0.4, 0.5) is 10.1 Å². The van der Waals surface area contributed by atoms with Crippen LogP contribution in [-0.4, -0.2) is 43.3 Å². The first kappa shape index (κ1) is 30.4. The predicted molar refractivity (Wildman–Crippen MR) is 152 cm³/mol. The molecule has 0 aliphatic heterocycles. The van der Waals surface area contributed by atoms with Crippen LogP contribution >= 0.6 is 23.2 Å². The molecule has 208 valence electrons. The van der Waals surface area contributed by atoms with Gasteiger partial charge < -0.3 is 10.2 Å². The summed E-state index contributed by atoms with van der Waals surface area (Å²) in [5.41, 5.74) is 0.112. The minimum Gasteiger partial charge on any atom is -0.350 e. The molecule has 0 radical (unpaired) electrons. The lowest BCUT2D eigenvalue weighted by Gasteiger charge is -2.33. The molecule has 3 rings (SSSR count). The lowest BCUT2D eigenvalue weighted by Crippen LogP contribution is -2.54. The fraction of sp³-hybridized carbons (Fsp3) is 0.286. The Morgan fingerprint density at radius 3 is 2.13 bits per heavy atom. The van der Waals surface area contributed by atoms with Gasteiger partial charge >= 0.3 is 0 Å². The summed E-state index contributed by atoms with van der Waals surface area (Å²) in [5, 5.41) is 3.17. The van der Waals surface area contributed by atoms with Crippen LogP contribution in [0.25, 0.3) is 0 Å².